The first-order valence-corrected chi connectivity index (χ1v) is 5.55. The third-order valence-electron chi connectivity index (χ3n) is 2.18. The molecule has 0 bridgehead atoms. The van der Waals surface area contributed by atoms with Crippen LogP contribution in [0.5, 0.6) is 11.5 Å². The maximum absolute atomic E-state index is 12.2. The van der Waals surface area contributed by atoms with Crippen LogP contribution >= 0.6 is 0 Å². The lowest BCUT2D eigenvalue weighted by Gasteiger charge is -2.02. The van der Waals surface area contributed by atoms with E-state index in [0.29, 0.717) is 0 Å². The summed E-state index contributed by atoms with van der Waals surface area (Å²) in [6.07, 6.45) is 2.39. The average molecular weight is 278 g/mol. The van der Waals surface area contributed by atoms with E-state index in [1.54, 1.807) is 0 Å². The van der Waals surface area contributed by atoms with Crippen LogP contribution in [0.25, 0.3) is 0 Å². The molecule has 0 radical (unpaired) electrons. The molecule has 0 amide bonds. The second kappa shape index (κ2) is 5.43. The Balaban J connectivity index is 2.32. The Morgan fingerprint density at radius 3 is 1.60 bits per heavy atom. The summed E-state index contributed by atoms with van der Waals surface area (Å²) in [5.41, 5.74) is 0. The number of carbonyl (C=O) groups excluding carboxylic acids is 3. The molecule has 0 fully saturated rings. The summed E-state index contributed by atoms with van der Waals surface area (Å²) < 4.78 is 19.6. The SMILES string of the molecule is CC(=O)Oc1ccoc1C(=O)c1occc1OC(C)=O. The van der Waals surface area contributed by atoms with Crippen molar-refractivity contribution in [2.24, 2.45) is 0 Å². The highest BCUT2D eigenvalue weighted by molar-refractivity contribution is 6.09. The van der Waals surface area contributed by atoms with E-state index in [1.165, 1.54) is 38.5 Å². The summed E-state index contributed by atoms with van der Waals surface area (Å²) in [5.74, 6) is -2.40. The van der Waals surface area contributed by atoms with Gasteiger partial charge in [0.2, 0.25) is 11.5 Å². The normalized spacial score (nSPS) is 10.1. The van der Waals surface area contributed by atoms with Crippen LogP contribution in [-0.2, 0) is 9.59 Å². The van der Waals surface area contributed by atoms with E-state index in [2.05, 4.69) is 0 Å². The quantitative estimate of drug-likeness (QED) is 0.622. The molecule has 104 valence electrons. The van der Waals surface area contributed by atoms with Crippen molar-refractivity contribution in [2.75, 3.05) is 0 Å². The van der Waals surface area contributed by atoms with Crippen molar-refractivity contribution in [1.29, 1.82) is 0 Å². The van der Waals surface area contributed by atoms with Gasteiger partial charge in [-0.05, 0) is 0 Å². The van der Waals surface area contributed by atoms with E-state index >= 15 is 0 Å². The second-order valence-electron chi connectivity index (χ2n) is 3.74. The fourth-order valence-corrected chi connectivity index (χ4v) is 1.50. The highest BCUT2D eigenvalue weighted by Crippen LogP contribution is 2.28. The van der Waals surface area contributed by atoms with Gasteiger partial charge in [0.25, 0.3) is 5.78 Å². The van der Waals surface area contributed by atoms with Gasteiger partial charge < -0.3 is 18.3 Å². The molecule has 20 heavy (non-hydrogen) atoms. The molecule has 0 N–H and O–H groups in total. The lowest BCUT2D eigenvalue weighted by molar-refractivity contribution is -0.132. The van der Waals surface area contributed by atoms with Gasteiger partial charge in [-0.2, -0.15) is 0 Å². The second-order valence-corrected chi connectivity index (χ2v) is 3.74. The first-order chi connectivity index (χ1) is 9.49. The largest absolute Gasteiger partial charge is 0.457 e. The summed E-state index contributed by atoms with van der Waals surface area (Å²) in [4.78, 5) is 34.0. The van der Waals surface area contributed by atoms with E-state index in [9.17, 15) is 14.4 Å². The predicted octanol–water partition coefficient (Wildman–Crippen LogP) is 1.95. The van der Waals surface area contributed by atoms with Gasteiger partial charge in [-0.3, -0.25) is 14.4 Å². The Morgan fingerprint density at radius 2 is 1.25 bits per heavy atom. The van der Waals surface area contributed by atoms with Crippen molar-refractivity contribution in [3.05, 3.63) is 36.2 Å². The van der Waals surface area contributed by atoms with Crippen molar-refractivity contribution in [1.82, 2.24) is 0 Å². The number of hydrogen-bond acceptors (Lipinski definition) is 7. The van der Waals surface area contributed by atoms with E-state index in [4.69, 9.17) is 18.3 Å². The molecule has 2 heterocycles. The van der Waals surface area contributed by atoms with Crippen LogP contribution in [0.1, 0.15) is 30.2 Å². The topological polar surface area (TPSA) is 96.0 Å². The number of ether oxygens (including phenoxy) is 2. The zero-order valence-corrected chi connectivity index (χ0v) is 10.7. The molecule has 0 aliphatic heterocycles. The van der Waals surface area contributed by atoms with Crippen molar-refractivity contribution < 1.29 is 32.7 Å². The molecule has 0 atom stereocenters. The third kappa shape index (κ3) is 2.77. The standard InChI is InChI=1S/C13H10O7/c1-7(14)19-9-3-5-17-12(9)11(16)13-10(4-6-18-13)20-8(2)15/h3-6H,1-2H3. The average Bonchev–Trinajstić information content (AvgIpc) is 2.96. The predicted molar refractivity (Wildman–Crippen MR) is 63.5 cm³/mol. The molecule has 0 unspecified atom stereocenters. The molecule has 0 saturated carbocycles. The number of esters is 2. The van der Waals surface area contributed by atoms with Gasteiger partial charge in [0, 0.05) is 26.0 Å². The molecule has 0 aromatic carbocycles. The first kappa shape index (κ1) is 13.6. The zero-order chi connectivity index (χ0) is 14.7. The van der Waals surface area contributed by atoms with Gasteiger partial charge in [-0.25, -0.2) is 0 Å². The van der Waals surface area contributed by atoms with Gasteiger partial charge in [-0.1, -0.05) is 0 Å². The van der Waals surface area contributed by atoms with Crippen molar-refractivity contribution in [3.63, 3.8) is 0 Å². The monoisotopic (exact) mass is 278 g/mol. The number of hydrogen-bond donors (Lipinski definition) is 0. The van der Waals surface area contributed by atoms with Crippen LogP contribution in [0.3, 0.4) is 0 Å². The maximum Gasteiger partial charge on any atom is 0.308 e. The minimum atomic E-state index is -0.701. The molecule has 0 spiro atoms. The van der Waals surface area contributed by atoms with Crippen LogP contribution in [0.15, 0.2) is 33.5 Å². The summed E-state index contributed by atoms with van der Waals surface area (Å²) in [7, 11) is 0. The molecule has 0 aliphatic rings. The van der Waals surface area contributed by atoms with Gasteiger partial charge in [0.05, 0.1) is 12.5 Å². The van der Waals surface area contributed by atoms with Crippen LogP contribution in [-0.4, -0.2) is 17.7 Å². The molecule has 7 heteroatoms. The van der Waals surface area contributed by atoms with Gasteiger partial charge in [0.1, 0.15) is 0 Å². The fourth-order valence-electron chi connectivity index (χ4n) is 1.50. The Bertz CT molecular complexity index is 606. The van der Waals surface area contributed by atoms with Gasteiger partial charge in [-0.15, -0.1) is 0 Å². The Labute approximate surface area is 113 Å². The van der Waals surface area contributed by atoms with Gasteiger partial charge >= 0.3 is 11.9 Å². The lowest BCUT2D eigenvalue weighted by atomic mass is 10.2. The molecule has 2 aromatic rings. The Kier molecular flexibility index (Phi) is 3.69. The highest BCUT2D eigenvalue weighted by atomic mass is 16.5. The smallest absolute Gasteiger partial charge is 0.308 e. The minimum Gasteiger partial charge on any atom is -0.457 e. The zero-order valence-electron chi connectivity index (χ0n) is 10.7. The minimum absolute atomic E-state index is 0.0346. The van der Waals surface area contributed by atoms with Crippen molar-refractivity contribution in [3.8, 4) is 11.5 Å². The third-order valence-corrected chi connectivity index (χ3v) is 2.18. The highest BCUT2D eigenvalue weighted by Gasteiger charge is 2.26. The summed E-state index contributed by atoms with van der Waals surface area (Å²) in [5, 5.41) is 0. The molecular formula is C13H10O7. The molecule has 0 saturated heterocycles. The van der Waals surface area contributed by atoms with E-state index in [0.717, 1.165) is 0 Å². The summed E-state index contributed by atoms with van der Waals surface area (Å²) in [6.45, 7) is 2.39. The number of rotatable bonds is 4. The summed E-state index contributed by atoms with van der Waals surface area (Å²) in [6, 6.07) is 2.64. The van der Waals surface area contributed by atoms with Crippen molar-refractivity contribution >= 4 is 17.7 Å². The molecule has 0 aliphatic carbocycles. The molecule has 2 aromatic heterocycles. The van der Waals surface area contributed by atoms with Crippen LogP contribution in [0.4, 0.5) is 0 Å². The lowest BCUT2D eigenvalue weighted by Crippen LogP contribution is -2.08. The van der Waals surface area contributed by atoms with Crippen LogP contribution < -0.4 is 9.47 Å². The Morgan fingerprint density at radius 1 is 0.850 bits per heavy atom. The van der Waals surface area contributed by atoms with Gasteiger partial charge in [0.15, 0.2) is 11.5 Å². The van der Waals surface area contributed by atoms with E-state index in [1.807, 2.05) is 0 Å². The maximum atomic E-state index is 12.2. The van der Waals surface area contributed by atoms with Crippen molar-refractivity contribution in [2.45, 2.75) is 13.8 Å². The molecule has 2 rings (SSSR count). The Hall–Kier alpha value is -2.83. The fraction of sp³-hybridized carbons (Fsp3) is 0.154. The summed E-state index contributed by atoms with van der Waals surface area (Å²) >= 11 is 0. The van der Waals surface area contributed by atoms with E-state index < -0.39 is 17.7 Å². The first-order valence-electron chi connectivity index (χ1n) is 5.55. The molecule has 7 nitrogen and oxygen atoms in total. The van der Waals surface area contributed by atoms with Crippen LogP contribution in [0, 0.1) is 0 Å². The number of furan rings is 2. The number of ketones is 1. The van der Waals surface area contributed by atoms with E-state index in [-0.39, 0.29) is 23.0 Å². The number of carbonyl (C=O) groups is 3. The van der Waals surface area contributed by atoms with Crippen LogP contribution in [0.2, 0.25) is 0 Å². The molecular weight excluding hydrogens is 268 g/mol.